The molecule has 3 heterocycles. The van der Waals surface area contributed by atoms with Gasteiger partial charge >= 0.3 is 6.02 Å². The molecule has 1 atom stereocenters. The molecule has 136 valence electrons. The summed E-state index contributed by atoms with van der Waals surface area (Å²) < 4.78 is 5.78. The fourth-order valence-corrected chi connectivity index (χ4v) is 3.31. The van der Waals surface area contributed by atoms with Crippen LogP contribution in [0.15, 0.2) is 28.3 Å². The number of aliphatic imine (C=N–C) groups is 2. The van der Waals surface area contributed by atoms with Gasteiger partial charge in [0.15, 0.2) is 0 Å². The molecular weight excluding hydrogens is 346 g/mol. The van der Waals surface area contributed by atoms with Gasteiger partial charge < -0.3 is 15.4 Å². The molecule has 0 saturated carbocycles. The summed E-state index contributed by atoms with van der Waals surface area (Å²) in [5.74, 6) is 3.15. The van der Waals surface area contributed by atoms with Gasteiger partial charge in [-0.05, 0) is 37.0 Å². The van der Waals surface area contributed by atoms with Gasteiger partial charge in [0.25, 0.3) is 0 Å². The molecule has 1 aromatic rings. The molecule has 1 saturated heterocycles. The lowest BCUT2D eigenvalue weighted by atomic mass is 10.0. The number of piperidine rings is 1. The number of thiocarbonyl (C=S) groups is 1. The van der Waals surface area contributed by atoms with Crippen LogP contribution in [-0.4, -0.2) is 41.3 Å². The number of amidine groups is 1. The fraction of sp³-hybridized carbons (Fsp3) is 0.474. The van der Waals surface area contributed by atoms with Crippen molar-refractivity contribution in [2.45, 2.75) is 32.3 Å². The van der Waals surface area contributed by atoms with E-state index in [1.54, 1.807) is 0 Å². The lowest BCUT2D eigenvalue weighted by Gasteiger charge is -2.27. The van der Waals surface area contributed by atoms with Crippen molar-refractivity contribution >= 4 is 34.8 Å². The topological polar surface area (TPSA) is 76.1 Å². The Balaban J connectivity index is 1.64. The maximum Gasteiger partial charge on any atom is 0.311 e. The predicted molar refractivity (Wildman–Crippen MR) is 109 cm³/mol. The lowest BCUT2D eigenvalue weighted by Crippen LogP contribution is -2.30. The number of ether oxygens (including phenoxy) is 1. The van der Waals surface area contributed by atoms with Crippen LogP contribution in [0, 0.1) is 18.3 Å². The molecule has 0 bridgehead atoms. The van der Waals surface area contributed by atoms with Crippen molar-refractivity contribution in [3.63, 3.8) is 0 Å². The minimum absolute atomic E-state index is 0.257. The zero-order valence-corrected chi connectivity index (χ0v) is 15.5. The summed E-state index contributed by atoms with van der Waals surface area (Å²) in [6, 6.07) is 4.35. The fourth-order valence-electron chi connectivity index (χ4n) is 3.10. The molecule has 2 aliphatic rings. The monoisotopic (exact) mass is 369 g/mol. The predicted octanol–water partition coefficient (Wildman–Crippen LogP) is 2.32. The van der Waals surface area contributed by atoms with E-state index in [-0.39, 0.29) is 4.99 Å². The molecule has 3 rings (SSSR count). The SMILES string of the molecule is C#CC(C(N)=S)C1=NC(OCc2ccnc(N3CCCCC3)c2)=NCC1. The largest absolute Gasteiger partial charge is 0.459 e. The van der Waals surface area contributed by atoms with Crippen LogP contribution >= 0.6 is 12.2 Å². The van der Waals surface area contributed by atoms with Gasteiger partial charge in [-0.15, -0.1) is 6.42 Å². The van der Waals surface area contributed by atoms with E-state index in [0.29, 0.717) is 25.6 Å². The third-order valence-electron chi connectivity index (χ3n) is 4.50. The van der Waals surface area contributed by atoms with Crippen LogP contribution in [0.3, 0.4) is 0 Å². The molecule has 1 unspecified atom stereocenters. The zero-order chi connectivity index (χ0) is 18.4. The van der Waals surface area contributed by atoms with Crippen molar-refractivity contribution in [2.75, 3.05) is 24.5 Å². The summed E-state index contributed by atoms with van der Waals surface area (Å²) in [4.78, 5) is 15.8. The minimum Gasteiger partial charge on any atom is -0.459 e. The summed E-state index contributed by atoms with van der Waals surface area (Å²) >= 11 is 5.02. The zero-order valence-electron chi connectivity index (χ0n) is 14.7. The summed E-state index contributed by atoms with van der Waals surface area (Å²) in [7, 11) is 0. The van der Waals surface area contributed by atoms with Crippen LogP contribution in [0.4, 0.5) is 5.82 Å². The number of terminal acetylenes is 1. The molecule has 6 nitrogen and oxygen atoms in total. The van der Waals surface area contributed by atoms with Gasteiger partial charge in [-0.1, -0.05) is 18.1 Å². The van der Waals surface area contributed by atoms with E-state index < -0.39 is 5.92 Å². The second-order valence-electron chi connectivity index (χ2n) is 6.38. The van der Waals surface area contributed by atoms with Crippen molar-refractivity contribution in [3.8, 4) is 12.3 Å². The number of nitrogens with zero attached hydrogens (tertiary/aromatic N) is 4. The van der Waals surface area contributed by atoms with Gasteiger partial charge in [-0.2, -0.15) is 0 Å². The average Bonchev–Trinajstić information content (AvgIpc) is 2.68. The van der Waals surface area contributed by atoms with Gasteiger partial charge in [-0.25, -0.2) is 15.0 Å². The molecule has 2 aliphatic heterocycles. The van der Waals surface area contributed by atoms with Crippen molar-refractivity contribution in [1.82, 2.24) is 4.98 Å². The second-order valence-corrected chi connectivity index (χ2v) is 6.85. The Hall–Kier alpha value is -2.46. The molecule has 1 fully saturated rings. The van der Waals surface area contributed by atoms with Crippen molar-refractivity contribution in [1.29, 1.82) is 0 Å². The van der Waals surface area contributed by atoms with Gasteiger partial charge in [0, 0.05) is 38.0 Å². The van der Waals surface area contributed by atoms with Crippen LogP contribution in [-0.2, 0) is 11.3 Å². The van der Waals surface area contributed by atoms with E-state index in [2.05, 4.69) is 31.9 Å². The highest BCUT2D eigenvalue weighted by Crippen LogP contribution is 2.19. The van der Waals surface area contributed by atoms with E-state index in [1.807, 2.05) is 12.3 Å². The first kappa shape index (κ1) is 18.3. The molecule has 0 radical (unpaired) electrons. The molecule has 7 heteroatoms. The smallest absolute Gasteiger partial charge is 0.311 e. The molecule has 0 aromatic carbocycles. The van der Waals surface area contributed by atoms with Crippen LogP contribution in [0.5, 0.6) is 0 Å². The molecule has 0 amide bonds. The van der Waals surface area contributed by atoms with Crippen LogP contribution in [0.25, 0.3) is 0 Å². The van der Waals surface area contributed by atoms with Crippen LogP contribution < -0.4 is 10.6 Å². The first-order valence-corrected chi connectivity index (χ1v) is 9.28. The normalized spacial score (nSPS) is 18.3. The minimum atomic E-state index is -0.439. The molecule has 0 spiro atoms. The third-order valence-corrected chi connectivity index (χ3v) is 4.73. The van der Waals surface area contributed by atoms with Crippen molar-refractivity contribution in [2.24, 2.45) is 21.6 Å². The van der Waals surface area contributed by atoms with E-state index in [0.717, 1.165) is 30.2 Å². The van der Waals surface area contributed by atoms with Gasteiger partial charge in [0.05, 0.1) is 4.99 Å². The quantitative estimate of drug-likeness (QED) is 0.637. The van der Waals surface area contributed by atoms with Gasteiger partial charge in [0.1, 0.15) is 18.3 Å². The molecule has 1 aromatic heterocycles. The van der Waals surface area contributed by atoms with Gasteiger partial charge in [-0.3, -0.25) is 0 Å². The first-order chi connectivity index (χ1) is 12.7. The lowest BCUT2D eigenvalue weighted by molar-refractivity contribution is 0.285. The Kier molecular flexibility index (Phi) is 6.18. The van der Waals surface area contributed by atoms with E-state index >= 15 is 0 Å². The summed E-state index contributed by atoms with van der Waals surface area (Å²) in [5, 5.41) is 0. The summed E-state index contributed by atoms with van der Waals surface area (Å²) in [6.45, 7) is 3.07. The number of rotatable bonds is 5. The maximum atomic E-state index is 5.78. The molecule has 2 N–H and O–H groups in total. The standard InChI is InChI=1S/C19H23N5OS/c1-2-15(18(20)26)16-7-9-22-19(23-16)25-13-14-6-8-21-17(12-14)24-10-4-3-5-11-24/h1,6,8,12,15H,3-5,7,9-11,13H2,(H2,20,26). The number of hydrogen-bond acceptors (Lipinski definition) is 6. The van der Waals surface area contributed by atoms with E-state index in [9.17, 15) is 0 Å². The molecule has 26 heavy (non-hydrogen) atoms. The number of pyridine rings is 1. The first-order valence-electron chi connectivity index (χ1n) is 8.87. The average molecular weight is 369 g/mol. The number of aromatic nitrogens is 1. The Bertz CT molecular complexity index is 761. The Morgan fingerprint density at radius 2 is 2.19 bits per heavy atom. The summed E-state index contributed by atoms with van der Waals surface area (Å²) in [5.41, 5.74) is 7.47. The summed E-state index contributed by atoms with van der Waals surface area (Å²) in [6.07, 6.45) is 11.7. The van der Waals surface area contributed by atoms with E-state index in [4.69, 9.17) is 29.1 Å². The number of nitrogens with two attached hydrogens (primary N) is 1. The van der Waals surface area contributed by atoms with Crippen molar-refractivity contribution < 1.29 is 4.74 Å². The highest BCUT2D eigenvalue weighted by molar-refractivity contribution is 7.80. The highest BCUT2D eigenvalue weighted by atomic mass is 32.1. The van der Waals surface area contributed by atoms with Crippen molar-refractivity contribution in [3.05, 3.63) is 23.9 Å². The Morgan fingerprint density at radius 1 is 1.38 bits per heavy atom. The number of hydrogen-bond donors (Lipinski definition) is 1. The Labute approximate surface area is 159 Å². The third kappa shape index (κ3) is 4.58. The Morgan fingerprint density at radius 3 is 2.92 bits per heavy atom. The van der Waals surface area contributed by atoms with Gasteiger partial charge in [0.2, 0.25) is 0 Å². The molecular formula is C19H23N5OS. The highest BCUT2D eigenvalue weighted by Gasteiger charge is 2.20. The van der Waals surface area contributed by atoms with Crippen LogP contribution in [0.2, 0.25) is 0 Å². The number of anilines is 1. The van der Waals surface area contributed by atoms with E-state index in [1.165, 1.54) is 19.3 Å². The molecule has 0 aliphatic carbocycles. The maximum absolute atomic E-state index is 5.78. The van der Waals surface area contributed by atoms with Crippen LogP contribution in [0.1, 0.15) is 31.2 Å². The second kappa shape index (κ2) is 8.77.